The van der Waals surface area contributed by atoms with E-state index in [4.69, 9.17) is 12.6 Å². The van der Waals surface area contributed by atoms with Crippen LogP contribution >= 0.6 is 0 Å². The molecule has 0 aliphatic carbocycles. The van der Waals surface area contributed by atoms with E-state index in [1.807, 2.05) is 49.4 Å². The van der Waals surface area contributed by atoms with Crippen molar-refractivity contribution in [1.29, 1.82) is 0 Å². The summed E-state index contributed by atoms with van der Waals surface area (Å²) in [5.41, 5.74) is 5.13. The summed E-state index contributed by atoms with van der Waals surface area (Å²) in [6.45, 7) is 6.36. The van der Waals surface area contributed by atoms with Gasteiger partial charge in [-0.15, -0.1) is 0 Å². The summed E-state index contributed by atoms with van der Waals surface area (Å²) in [6.07, 6.45) is 0. The first-order chi connectivity index (χ1) is 11.6. The lowest BCUT2D eigenvalue weighted by Gasteiger charge is -2.18. The van der Waals surface area contributed by atoms with Crippen LogP contribution in [0.1, 0.15) is 30.9 Å². The zero-order valence-corrected chi connectivity index (χ0v) is 14.4. The Hall–Kier alpha value is -2.48. The SMILES string of the molecule is [B]c1c(-c2ccccc2Oc2ccccc2C)cccc1C(C)C. The molecule has 0 unspecified atom stereocenters. The van der Waals surface area contributed by atoms with Gasteiger partial charge in [-0.3, -0.25) is 0 Å². The van der Waals surface area contributed by atoms with Crippen LogP contribution in [-0.4, -0.2) is 7.85 Å². The second-order valence-electron chi connectivity index (χ2n) is 6.33. The highest BCUT2D eigenvalue weighted by atomic mass is 16.5. The molecule has 0 atom stereocenters. The van der Waals surface area contributed by atoms with Crippen molar-refractivity contribution in [2.75, 3.05) is 0 Å². The Morgan fingerprint density at radius 2 is 1.38 bits per heavy atom. The molecule has 2 heteroatoms. The Bertz CT molecular complexity index is 852. The van der Waals surface area contributed by atoms with Gasteiger partial charge in [0.05, 0.1) is 0 Å². The maximum atomic E-state index is 6.45. The molecule has 3 aromatic rings. The molecule has 0 aliphatic rings. The lowest BCUT2D eigenvalue weighted by molar-refractivity contribution is 0.481. The standard InChI is InChI=1S/C22H21BO/c1-15(2)17-11-8-12-19(22(17)23)18-10-5-7-14-21(18)24-20-13-6-4-9-16(20)3/h4-15H,1-3H3. The Kier molecular flexibility index (Phi) is 4.75. The minimum atomic E-state index is 0.384. The fraction of sp³-hybridized carbons (Fsp3) is 0.182. The normalized spacial score (nSPS) is 10.8. The summed E-state index contributed by atoms with van der Waals surface area (Å²) < 4.78 is 6.19. The molecule has 3 aromatic carbocycles. The molecule has 0 aliphatic heterocycles. The quantitative estimate of drug-likeness (QED) is 0.588. The smallest absolute Gasteiger partial charge is 0.135 e. The van der Waals surface area contributed by atoms with E-state index >= 15 is 0 Å². The molecule has 0 bridgehead atoms. The Labute approximate surface area is 145 Å². The van der Waals surface area contributed by atoms with Crippen molar-refractivity contribution in [3.63, 3.8) is 0 Å². The highest BCUT2D eigenvalue weighted by Gasteiger charge is 2.13. The van der Waals surface area contributed by atoms with Crippen molar-refractivity contribution in [3.05, 3.63) is 77.9 Å². The molecule has 0 heterocycles. The number of hydrogen-bond acceptors (Lipinski definition) is 1. The van der Waals surface area contributed by atoms with Crippen LogP contribution in [0.15, 0.2) is 66.7 Å². The topological polar surface area (TPSA) is 9.23 Å². The summed E-state index contributed by atoms with van der Waals surface area (Å²) in [7, 11) is 6.45. The van der Waals surface area contributed by atoms with Crippen LogP contribution in [-0.2, 0) is 0 Å². The highest BCUT2D eigenvalue weighted by Crippen LogP contribution is 2.34. The van der Waals surface area contributed by atoms with Gasteiger partial charge in [-0.2, -0.15) is 0 Å². The Morgan fingerprint density at radius 3 is 2.08 bits per heavy atom. The molecule has 0 saturated heterocycles. The average Bonchev–Trinajstić information content (AvgIpc) is 2.57. The number of hydrogen-bond donors (Lipinski definition) is 0. The van der Waals surface area contributed by atoms with Crippen molar-refractivity contribution in [3.8, 4) is 22.6 Å². The molecule has 3 rings (SSSR count). The summed E-state index contributed by atoms with van der Waals surface area (Å²) >= 11 is 0. The molecule has 0 spiro atoms. The molecule has 0 fully saturated rings. The Morgan fingerprint density at radius 1 is 0.750 bits per heavy atom. The maximum absolute atomic E-state index is 6.45. The van der Waals surface area contributed by atoms with E-state index in [9.17, 15) is 0 Å². The lowest BCUT2D eigenvalue weighted by atomic mass is 9.79. The third-order valence-corrected chi connectivity index (χ3v) is 4.25. The fourth-order valence-corrected chi connectivity index (χ4v) is 2.89. The molecular weight excluding hydrogens is 291 g/mol. The van der Waals surface area contributed by atoms with Gasteiger partial charge in [0, 0.05) is 5.56 Å². The first kappa shape index (κ1) is 16.4. The first-order valence-electron chi connectivity index (χ1n) is 8.29. The number of aryl methyl sites for hydroxylation is 1. The largest absolute Gasteiger partial charge is 0.456 e. The van der Waals surface area contributed by atoms with Gasteiger partial charge in [0.2, 0.25) is 0 Å². The van der Waals surface area contributed by atoms with E-state index in [-0.39, 0.29) is 0 Å². The van der Waals surface area contributed by atoms with Gasteiger partial charge < -0.3 is 4.74 Å². The van der Waals surface area contributed by atoms with Crippen LogP contribution in [0, 0.1) is 6.92 Å². The van der Waals surface area contributed by atoms with Crippen molar-refractivity contribution < 1.29 is 4.74 Å². The van der Waals surface area contributed by atoms with E-state index in [1.54, 1.807) is 0 Å². The number of benzene rings is 3. The van der Waals surface area contributed by atoms with Gasteiger partial charge in [-0.25, -0.2) is 0 Å². The van der Waals surface area contributed by atoms with E-state index in [1.165, 1.54) is 0 Å². The summed E-state index contributed by atoms with van der Waals surface area (Å²) in [6, 6.07) is 22.3. The third kappa shape index (κ3) is 3.23. The van der Waals surface area contributed by atoms with E-state index in [2.05, 4.69) is 38.1 Å². The third-order valence-electron chi connectivity index (χ3n) is 4.25. The van der Waals surface area contributed by atoms with Gasteiger partial charge in [0.1, 0.15) is 19.3 Å². The monoisotopic (exact) mass is 312 g/mol. The molecule has 2 radical (unpaired) electrons. The van der Waals surface area contributed by atoms with Gasteiger partial charge >= 0.3 is 0 Å². The zero-order valence-electron chi connectivity index (χ0n) is 14.4. The van der Waals surface area contributed by atoms with Crippen molar-refractivity contribution in [1.82, 2.24) is 0 Å². The van der Waals surface area contributed by atoms with Crippen LogP contribution in [0.5, 0.6) is 11.5 Å². The molecule has 0 aromatic heterocycles. The molecular formula is C22H21BO. The zero-order chi connectivity index (χ0) is 17.1. The van der Waals surface area contributed by atoms with E-state index in [0.29, 0.717) is 5.92 Å². The summed E-state index contributed by atoms with van der Waals surface area (Å²) in [4.78, 5) is 0. The second kappa shape index (κ2) is 6.96. The van der Waals surface area contributed by atoms with E-state index < -0.39 is 0 Å². The van der Waals surface area contributed by atoms with E-state index in [0.717, 1.165) is 39.2 Å². The van der Waals surface area contributed by atoms with Gasteiger partial charge in [0.25, 0.3) is 0 Å². The molecule has 0 amide bonds. The highest BCUT2D eigenvalue weighted by molar-refractivity contribution is 6.37. The van der Waals surface area contributed by atoms with Gasteiger partial charge in [0.15, 0.2) is 0 Å². The molecule has 0 N–H and O–H groups in total. The van der Waals surface area contributed by atoms with Crippen molar-refractivity contribution in [2.24, 2.45) is 0 Å². The van der Waals surface area contributed by atoms with Crippen LogP contribution in [0.25, 0.3) is 11.1 Å². The predicted octanol–water partition coefficient (Wildman–Crippen LogP) is 5.37. The second-order valence-corrected chi connectivity index (χ2v) is 6.33. The van der Waals surface area contributed by atoms with Crippen LogP contribution in [0.2, 0.25) is 0 Å². The lowest BCUT2D eigenvalue weighted by Crippen LogP contribution is -2.15. The molecule has 24 heavy (non-hydrogen) atoms. The maximum Gasteiger partial charge on any atom is 0.135 e. The minimum absolute atomic E-state index is 0.384. The number of para-hydroxylation sites is 2. The van der Waals surface area contributed by atoms with Crippen molar-refractivity contribution in [2.45, 2.75) is 26.7 Å². The number of rotatable bonds is 4. The van der Waals surface area contributed by atoms with Gasteiger partial charge in [-0.05, 0) is 36.1 Å². The van der Waals surface area contributed by atoms with Crippen molar-refractivity contribution >= 4 is 13.3 Å². The Balaban J connectivity index is 2.08. The predicted molar refractivity (Wildman–Crippen MR) is 103 cm³/mol. The minimum Gasteiger partial charge on any atom is -0.456 e. The first-order valence-corrected chi connectivity index (χ1v) is 8.29. The molecule has 118 valence electrons. The summed E-state index contributed by atoms with van der Waals surface area (Å²) in [5.74, 6) is 2.07. The number of ether oxygens (including phenoxy) is 1. The summed E-state index contributed by atoms with van der Waals surface area (Å²) in [5, 5.41) is 0. The fourth-order valence-electron chi connectivity index (χ4n) is 2.89. The van der Waals surface area contributed by atoms with Gasteiger partial charge in [-0.1, -0.05) is 79.5 Å². The molecule has 1 nitrogen and oxygen atoms in total. The van der Waals surface area contributed by atoms with Crippen LogP contribution in [0.3, 0.4) is 0 Å². The van der Waals surface area contributed by atoms with Crippen LogP contribution < -0.4 is 10.2 Å². The average molecular weight is 312 g/mol. The molecule has 0 saturated carbocycles. The van der Waals surface area contributed by atoms with Crippen LogP contribution in [0.4, 0.5) is 0 Å².